The SMILES string of the molecule is CCCC1CC1N1CCNCC(C)C1. The van der Waals surface area contributed by atoms with Gasteiger partial charge in [-0.05, 0) is 31.2 Å². The monoisotopic (exact) mass is 196 g/mol. The van der Waals surface area contributed by atoms with E-state index in [1.54, 1.807) is 0 Å². The van der Waals surface area contributed by atoms with Crippen molar-refractivity contribution in [2.75, 3.05) is 26.2 Å². The summed E-state index contributed by atoms with van der Waals surface area (Å²) in [6.07, 6.45) is 4.28. The molecular formula is C12H24N2. The summed E-state index contributed by atoms with van der Waals surface area (Å²) in [5, 5.41) is 3.51. The smallest absolute Gasteiger partial charge is 0.0128 e. The third-order valence-corrected chi connectivity index (χ3v) is 3.63. The van der Waals surface area contributed by atoms with Gasteiger partial charge in [0.2, 0.25) is 0 Å². The van der Waals surface area contributed by atoms with Gasteiger partial charge in [-0.25, -0.2) is 0 Å². The van der Waals surface area contributed by atoms with Gasteiger partial charge < -0.3 is 5.32 Å². The van der Waals surface area contributed by atoms with Gasteiger partial charge in [0.1, 0.15) is 0 Å². The summed E-state index contributed by atoms with van der Waals surface area (Å²) in [5.74, 6) is 1.87. The Balaban J connectivity index is 1.79. The predicted octanol–water partition coefficient (Wildman–Crippen LogP) is 1.72. The van der Waals surface area contributed by atoms with E-state index in [4.69, 9.17) is 0 Å². The highest BCUT2D eigenvalue weighted by Gasteiger charge is 2.40. The summed E-state index contributed by atoms with van der Waals surface area (Å²) >= 11 is 0. The van der Waals surface area contributed by atoms with E-state index >= 15 is 0 Å². The molecule has 1 aliphatic heterocycles. The molecule has 0 bridgehead atoms. The minimum Gasteiger partial charge on any atom is -0.315 e. The lowest BCUT2D eigenvalue weighted by Gasteiger charge is -2.22. The largest absolute Gasteiger partial charge is 0.315 e. The number of hydrogen-bond acceptors (Lipinski definition) is 2. The van der Waals surface area contributed by atoms with E-state index in [1.165, 1.54) is 45.4 Å². The minimum absolute atomic E-state index is 0.834. The Morgan fingerprint density at radius 3 is 3.07 bits per heavy atom. The summed E-state index contributed by atoms with van der Waals surface area (Å²) in [6, 6.07) is 0.942. The van der Waals surface area contributed by atoms with E-state index in [9.17, 15) is 0 Å². The molecule has 2 nitrogen and oxygen atoms in total. The van der Waals surface area contributed by atoms with Crippen molar-refractivity contribution in [1.82, 2.24) is 10.2 Å². The molecule has 2 rings (SSSR count). The third kappa shape index (κ3) is 2.48. The number of rotatable bonds is 3. The molecule has 14 heavy (non-hydrogen) atoms. The van der Waals surface area contributed by atoms with Crippen LogP contribution in [0.5, 0.6) is 0 Å². The van der Waals surface area contributed by atoms with Crippen LogP contribution in [0.25, 0.3) is 0 Å². The molecule has 0 amide bonds. The molecular weight excluding hydrogens is 172 g/mol. The van der Waals surface area contributed by atoms with E-state index in [-0.39, 0.29) is 0 Å². The summed E-state index contributed by atoms with van der Waals surface area (Å²) in [5.41, 5.74) is 0. The first-order valence-corrected chi connectivity index (χ1v) is 6.26. The molecule has 2 heteroatoms. The van der Waals surface area contributed by atoms with Crippen LogP contribution in [0.2, 0.25) is 0 Å². The molecule has 3 atom stereocenters. The van der Waals surface area contributed by atoms with Crippen molar-refractivity contribution in [3.63, 3.8) is 0 Å². The normalized spacial score (nSPS) is 39.4. The fraction of sp³-hybridized carbons (Fsp3) is 1.00. The molecule has 3 unspecified atom stereocenters. The Bertz CT molecular complexity index is 181. The van der Waals surface area contributed by atoms with Crippen molar-refractivity contribution in [2.45, 2.75) is 39.2 Å². The quantitative estimate of drug-likeness (QED) is 0.739. The molecule has 0 aromatic carbocycles. The van der Waals surface area contributed by atoms with Gasteiger partial charge in [-0.3, -0.25) is 4.90 Å². The van der Waals surface area contributed by atoms with Crippen molar-refractivity contribution in [1.29, 1.82) is 0 Å². The summed E-state index contributed by atoms with van der Waals surface area (Å²) in [7, 11) is 0. The van der Waals surface area contributed by atoms with Gasteiger partial charge >= 0.3 is 0 Å². The third-order valence-electron chi connectivity index (χ3n) is 3.63. The predicted molar refractivity (Wildman–Crippen MR) is 60.4 cm³/mol. The lowest BCUT2D eigenvalue weighted by atomic mass is 10.1. The highest BCUT2D eigenvalue weighted by molar-refractivity contribution is 4.95. The zero-order chi connectivity index (χ0) is 9.97. The molecule has 0 aromatic rings. The first-order chi connectivity index (χ1) is 6.81. The number of nitrogens with zero attached hydrogens (tertiary/aromatic N) is 1. The van der Waals surface area contributed by atoms with E-state index in [0.29, 0.717) is 0 Å². The van der Waals surface area contributed by atoms with Gasteiger partial charge in [-0.1, -0.05) is 20.3 Å². The molecule has 0 radical (unpaired) electrons. The summed E-state index contributed by atoms with van der Waals surface area (Å²) in [6.45, 7) is 9.67. The fourth-order valence-corrected chi connectivity index (χ4v) is 2.79. The zero-order valence-electron chi connectivity index (χ0n) is 9.63. The van der Waals surface area contributed by atoms with Gasteiger partial charge in [0.15, 0.2) is 0 Å². The van der Waals surface area contributed by atoms with Gasteiger partial charge in [0, 0.05) is 25.7 Å². The van der Waals surface area contributed by atoms with Gasteiger partial charge in [-0.15, -0.1) is 0 Å². The van der Waals surface area contributed by atoms with E-state index in [0.717, 1.165) is 17.9 Å². The topological polar surface area (TPSA) is 15.3 Å². The molecule has 1 saturated heterocycles. The minimum atomic E-state index is 0.834. The Hall–Kier alpha value is -0.0800. The number of hydrogen-bond donors (Lipinski definition) is 1. The maximum Gasteiger partial charge on any atom is 0.0128 e. The molecule has 1 saturated carbocycles. The first-order valence-electron chi connectivity index (χ1n) is 6.26. The van der Waals surface area contributed by atoms with Crippen molar-refractivity contribution in [3.8, 4) is 0 Å². The Labute approximate surface area is 88.1 Å². The highest BCUT2D eigenvalue weighted by atomic mass is 15.2. The second kappa shape index (κ2) is 4.63. The Morgan fingerprint density at radius 2 is 2.29 bits per heavy atom. The summed E-state index contributed by atoms with van der Waals surface area (Å²) in [4.78, 5) is 2.73. The maximum absolute atomic E-state index is 3.51. The molecule has 1 N–H and O–H groups in total. The van der Waals surface area contributed by atoms with Crippen LogP contribution in [0, 0.1) is 11.8 Å². The average Bonchev–Trinajstić information content (AvgIpc) is 2.90. The Morgan fingerprint density at radius 1 is 1.43 bits per heavy atom. The summed E-state index contributed by atoms with van der Waals surface area (Å²) < 4.78 is 0. The molecule has 0 spiro atoms. The molecule has 1 aliphatic carbocycles. The van der Waals surface area contributed by atoms with Crippen molar-refractivity contribution >= 4 is 0 Å². The van der Waals surface area contributed by atoms with Crippen LogP contribution < -0.4 is 5.32 Å². The molecule has 82 valence electrons. The second-order valence-corrected chi connectivity index (χ2v) is 5.16. The van der Waals surface area contributed by atoms with Crippen molar-refractivity contribution < 1.29 is 0 Å². The van der Waals surface area contributed by atoms with Crippen molar-refractivity contribution in [3.05, 3.63) is 0 Å². The molecule has 1 heterocycles. The molecule has 0 aromatic heterocycles. The van der Waals surface area contributed by atoms with Gasteiger partial charge in [-0.2, -0.15) is 0 Å². The average molecular weight is 196 g/mol. The molecule has 2 fully saturated rings. The van der Waals surface area contributed by atoms with Crippen LogP contribution in [0.1, 0.15) is 33.1 Å². The van der Waals surface area contributed by atoms with Gasteiger partial charge in [0.25, 0.3) is 0 Å². The van der Waals surface area contributed by atoms with Crippen LogP contribution in [0.15, 0.2) is 0 Å². The van der Waals surface area contributed by atoms with Crippen LogP contribution in [0.4, 0.5) is 0 Å². The van der Waals surface area contributed by atoms with Crippen LogP contribution in [0.3, 0.4) is 0 Å². The van der Waals surface area contributed by atoms with Crippen LogP contribution in [-0.4, -0.2) is 37.1 Å². The van der Waals surface area contributed by atoms with E-state index < -0.39 is 0 Å². The first kappa shape index (κ1) is 10.4. The highest BCUT2D eigenvalue weighted by Crippen LogP contribution is 2.39. The fourth-order valence-electron chi connectivity index (χ4n) is 2.79. The lowest BCUT2D eigenvalue weighted by Crippen LogP contribution is -2.32. The standard InChI is InChI=1S/C12H24N2/c1-3-4-11-7-12(11)14-6-5-13-8-10(2)9-14/h10-13H,3-9H2,1-2H3. The van der Waals surface area contributed by atoms with E-state index in [1.807, 2.05) is 0 Å². The Kier molecular flexibility index (Phi) is 3.45. The lowest BCUT2D eigenvalue weighted by molar-refractivity contribution is 0.241. The second-order valence-electron chi connectivity index (χ2n) is 5.16. The molecule has 2 aliphatic rings. The van der Waals surface area contributed by atoms with Crippen LogP contribution >= 0.6 is 0 Å². The van der Waals surface area contributed by atoms with Gasteiger partial charge in [0.05, 0.1) is 0 Å². The maximum atomic E-state index is 3.51. The van der Waals surface area contributed by atoms with Crippen LogP contribution in [-0.2, 0) is 0 Å². The van der Waals surface area contributed by atoms with Crippen molar-refractivity contribution in [2.24, 2.45) is 11.8 Å². The zero-order valence-corrected chi connectivity index (χ0v) is 9.63. The van der Waals surface area contributed by atoms with E-state index in [2.05, 4.69) is 24.1 Å². The number of nitrogens with one attached hydrogen (secondary N) is 1.